The van der Waals surface area contributed by atoms with Crippen LogP contribution in [0.2, 0.25) is 0 Å². The van der Waals surface area contributed by atoms with Crippen molar-refractivity contribution in [1.82, 2.24) is 0 Å². The van der Waals surface area contributed by atoms with Gasteiger partial charge in [0.25, 0.3) is 0 Å². The van der Waals surface area contributed by atoms with Crippen molar-refractivity contribution < 1.29 is 9.13 Å². The van der Waals surface area contributed by atoms with E-state index in [4.69, 9.17) is 4.74 Å². The van der Waals surface area contributed by atoms with Gasteiger partial charge < -0.3 is 4.74 Å². The summed E-state index contributed by atoms with van der Waals surface area (Å²) in [6, 6.07) is 14.8. The highest BCUT2D eigenvalue weighted by molar-refractivity contribution is 5.69. The van der Waals surface area contributed by atoms with Gasteiger partial charge in [0.15, 0.2) is 11.6 Å². The standard InChI is InChI=1S/C15H13FO/c1-17-15-10-9-13(11-14(15)16)8-7-12-5-3-2-4-6-12/h2-11H,1H3/b8-7-. The molecule has 0 radical (unpaired) electrons. The fourth-order valence-electron chi connectivity index (χ4n) is 1.54. The Morgan fingerprint density at radius 1 is 0.941 bits per heavy atom. The third-order valence-electron chi connectivity index (χ3n) is 2.44. The van der Waals surface area contributed by atoms with Crippen LogP contribution in [-0.2, 0) is 0 Å². The minimum absolute atomic E-state index is 0.266. The predicted molar refractivity (Wildman–Crippen MR) is 68.3 cm³/mol. The van der Waals surface area contributed by atoms with Gasteiger partial charge in [0.2, 0.25) is 0 Å². The van der Waals surface area contributed by atoms with Crippen LogP contribution in [0.3, 0.4) is 0 Å². The van der Waals surface area contributed by atoms with Crippen molar-refractivity contribution in [2.45, 2.75) is 0 Å². The summed E-state index contributed by atoms with van der Waals surface area (Å²) in [6.45, 7) is 0. The van der Waals surface area contributed by atoms with Crippen molar-refractivity contribution in [2.75, 3.05) is 7.11 Å². The summed E-state index contributed by atoms with van der Waals surface area (Å²) in [7, 11) is 1.46. The van der Waals surface area contributed by atoms with E-state index in [0.717, 1.165) is 11.1 Å². The summed E-state index contributed by atoms with van der Waals surface area (Å²) >= 11 is 0. The zero-order valence-electron chi connectivity index (χ0n) is 9.56. The second kappa shape index (κ2) is 5.30. The van der Waals surface area contributed by atoms with Gasteiger partial charge in [0.1, 0.15) is 0 Å². The van der Waals surface area contributed by atoms with Crippen molar-refractivity contribution in [2.24, 2.45) is 0 Å². The molecule has 0 heterocycles. The number of benzene rings is 2. The molecule has 0 fully saturated rings. The molecule has 0 unspecified atom stereocenters. The van der Waals surface area contributed by atoms with E-state index in [0.29, 0.717) is 0 Å². The van der Waals surface area contributed by atoms with Crippen LogP contribution in [0, 0.1) is 5.82 Å². The molecule has 0 aromatic heterocycles. The number of methoxy groups -OCH3 is 1. The molecule has 0 aliphatic rings. The normalized spacial score (nSPS) is 10.7. The summed E-state index contributed by atoms with van der Waals surface area (Å²) in [4.78, 5) is 0. The van der Waals surface area contributed by atoms with Gasteiger partial charge in [-0.15, -0.1) is 0 Å². The fourth-order valence-corrected chi connectivity index (χ4v) is 1.54. The Morgan fingerprint density at radius 3 is 2.29 bits per heavy atom. The van der Waals surface area contributed by atoms with Gasteiger partial charge in [-0.25, -0.2) is 4.39 Å². The van der Waals surface area contributed by atoms with Crippen molar-refractivity contribution >= 4 is 12.2 Å². The lowest BCUT2D eigenvalue weighted by Crippen LogP contribution is -1.87. The van der Waals surface area contributed by atoms with Crippen LogP contribution in [0.5, 0.6) is 5.75 Å². The molecule has 1 nitrogen and oxygen atoms in total. The van der Waals surface area contributed by atoms with E-state index in [9.17, 15) is 4.39 Å². The lowest BCUT2D eigenvalue weighted by molar-refractivity contribution is 0.386. The predicted octanol–water partition coefficient (Wildman–Crippen LogP) is 4.00. The van der Waals surface area contributed by atoms with Gasteiger partial charge in [0.05, 0.1) is 7.11 Å². The first-order chi connectivity index (χ1) is 8.29. The number of ether oxygens (including phenoxy) is 1. The van der Waals surface area contributed by atoms with Crippen LogP contribution in [0.4, 0.5) is 4.39 Å². The van der Waals surface area contributed by atoms with Gasteiger partial charge in [-0.2, -0.15) is 0 Å². The van der Waals surface area contributed by atoms with E-state index in [1.165, 1.54) is 13.2 Å². The second-order valence-corrected chi connectivity index (χ2v) is 3.64. The Balaban J connectivity index is 2.19. The maximum absolute atomic E-state index is 13.4. The lowest BCUT2D eigenvalue weighted by atomic mass is 10.1. The van der Waals surface area contributed by atoms with Crippen LogP contribution in [-0.4, -0.2) is 7.11 Å². The number of halogens is 1. The smallest absolute Gasteiger partial charge is 0.165 e. The average Bonchev–Trinajstić information content (AvgIpc) is 2.38. The van der Waals surface area contributed by atoms with Gasteiger partial charge in [-0.05, 0) is 23.3 Å². The summed E-state index contributed by atoms with van der Waals surface area (Å²) in [6.07, 6.45) is 3.82. The molecule has 0 aliphatic heterocycles. The van der Waals surface area contributed by atoms with E-state index in [2.05, 4.69) is 0 Å². The van der Waals surface area contributed by atoms with Crippen molar-refractivity contribution in [3.05, 3.63) is 65.5 Å². The minimum atomic E-state index is -0.345. The molecular weight excluding hydrogens is 215 g/mol. The molecule has 2 aromatic carbocycles. The first-order valence-electron chi connectivity index (χ1n) is 5.36. The first-order valence-corrected chi connectivity index (χ1v) is 5.36. The third-order valence-corrected chi connectivity index (χ3v) is 2.44. The van der Waals surface area contributed by atoms with Gasteiger partial charge in [0, 0.05) is 0 Å². The number of rotatable bonds is 3. The van der Waals surface area contributed by atoms with Gasteiger partial charge >= 0.3 is 0 Å². The molecule has 0 amide bonds. The first kappa shape index (κ1) is 11.4. The quantitative estimate of drug-likeness (QED) is 0.721. The van der Waals surface area contributed by atoms with Crippen LogP contribution in [0.25, 0.3) is 12.2 Å². The molecule has 0 saturated carbocycles. The minimum Gasteiger partial charge on any atom is -0.494 e. The van der Waals surface area contributed by atoms with E-state index in [1.807, 2.05) is 48.6 Å². The third kappa shape index (κ3) is 2.94. The Kier molecular flexibility index (Phi) is 3.55. The van der Waals surface area contributed by atoms with Crippen molar-refractivity contribution in [3.8, 4) is 5.75 Å². The monoisotopic (exact) mass is 228 g/mol. The molecule has 2 heteroatoms. The van der Waals surface area contributed by atoms with Crippen LogP contribution < -0.4 is 4.74 Å². The molecule has 2 rings (SSSR count). The summed E-state index contributed by atoms with van der Waals surface area (Å²) < 4.78 is 18.3. The molecule has 86 valence electrons. The summed E-state index contributed by atoms with van der Waals surface area (Å²) in [5, 5.41) is 0. The molecule has 0 spiro atoms. The van der Waals surface area contributed by atoms with E-state index in [-0.39, 0.29) is 11.6 Å². The SMILES string of the molecule is COc1ccc(/C=C\c2ccccc2)cc1F. The molecule has 0 atom stereocenters. The van der Waals surface area contributed by atoms with Crippen LogP contribution in [0.1, 0.15) is 11.1 Å². The number of hydrogen-bond donors (Lipinski definition) is 0. The zero-order chi connectivity index (χ0) is 12.1. The largest absolute Gasteiger partial charge is 0.494 e. The highest BCUT2D eigenvalue weighted by Crippen LogP contribution is 2.19. The van der Waals surface area contributed by atoms with E-state index in [1.54, 1.807) is 6.07 Å². The van der Waals surface area contributed by atoms with E-state index >= 15 is 0 Å². The number of hydrogen-bond acceptors (Lipinski definition) is 1. The lowest BCUT2D eigenvalue weighted by Gasteiger charge is -2.01. The highest BCUT2D eigenvalue weighted by atomic mass is 19.1. The molecule has 0 N–H and O–H groups in total. The summed E-state index contributed by atoms with van der Waals surface area (Å²) in [5.41, 5.74) is 1.90. The summed E-state index contributed by atoms with van der Waals surface area (Å²) in [5.74, 6) is -0.0791. The van der Waals surface area contributed by atoms with Crippen molar-refractivity contribution in [1.29, 1.82) is 0 Å². The Hall–Kier alpha value is -2.09. The van der Waals surface area contributed by atoms with Crippen LogP contribution >= 0.6 is 0 Å². The molecule has 0 saturated heterocycles. The zero-order valence-corrected chi connectivity index (χ0v) is 9.56. The Labute approximate surface area is 100 Å². The Bertz CT molecular complexity index is 518. The molecule has 17 heavy (non-hydrogen) atoms. The van der Waals surface area contributed by atoms with Crippen molar-refractivity contribution in [3.63, 3.8) is 0 Å². The van der Waals surface area contributed by atoms with Gasteiger partial charge in [-0.1, -0.05) is 48.6 Å². The molecule has 0 aliphatic carbocycles. The van der Waals surface area contributed by atoms with E-state index < -0.39 is 0 Å². The molecule has 2 aromatic rings. The van der Waals surface area contributed by atoms with Gasteiger partial charge in [-0.3, -0.25) is 0 Å². The molecule has 0 bridgehead atoms. The topological polar surface area (TPSA) is 9.23 Å². The highest BCUT2D eigenvalue weighted by Gasteiger charge is 2.00. The maximum Gasteiger partial charge on any atom is 0.165 e. The second-order valence-electron chi connectivity index (χ2n) is 3.64. The average molecular weight is 228 g/mol. The maximum atomic E-state index is 13.4. The van der Waals surface area contributed by atoms with Crippen LogP contribution in [0.15, 0.2) is 48.5 Å². The Morgan fingerprint density at radius 2 is 1.65 bits per heavy atom. The molecular formula is C15H13FO. The fraction of sp³-hybridized carbons (Fsp3) is 0.0667.